The summed E-state index contributed by atoms with van der Waals surface area (Å²) in [6.07, 6.45) is -0.784. The third-order valence-corrected chi connectivity index (χ3v) is 6.23. The number of nitrogens with zero attached hydrogens (tertiary/aromatic N) is 1. The van der Waals surface area contributed by atoms with Crippen molar-refractivity contribution < 1.29 is 29.0 Å². The molecule has 0 bridgehead atoms. The van der Waals surface area contributed by atoms with E-state index >= 15 is 0 Å². The largest absolute Gasteiger partial charge is 0.477 e. The normalized spacial score (nSPS) is 21.5. The number of thioether (sulfide) groups is 1. The molecule has 2 heterocycles. The van der Waals surface area contributed by atoms with E-state index in [9.17, 15) is 24.3 Å². The molecular formula is C20H22ClN3O6S. The number of ether oxygens (including phenoxy) is 1. The van der Waals surface area contributed by atoms with Crippen LogP contribution >= 0.6 is 23.4 Å². The van der Waals surface area contributed by atoms with Crippen LogP contribution in [0.3, 0.4) is 0 Å². The summed E-state index contributed by atoms with van der Waals surface area (Å²) in [4.78, 5) is 50.4. The minimum Gasteiger partial charge on any atom is -0.477 e. The average Bonchev–Trinajstić information content (AvgIpc) is 2.69. The Hall–Kier alpha value is -2.72. The molecule has 3 amide bonds. The number of amides is 3. The summed E-state index contributed by atoms with van der Waals surface area (Å²) in [7, 11) is 0. The molecule has 31 heavy (non-hydrogen) atoms. The second kappa shape index (κ2) is 8.80. The SMILES string of the molecule is CC(C)(C)OC(=O)NC(C(=O)NC1C(=O)N2C(C(=O)O)=C(Cl)CS[C@@H]12)c1ccccc1. The zero-order valence-corrected chi connectivity index (χ0v) is 18.6. The van der Waals surface area contributed by atoms with Crippen molar-refractivity contribution >= 4 is 47.2 Å². The molecular weight excluding hydrogens is 446 g/mol. The van der Waals surface area contributed by atoms with Crippen molar-refractivity contribution in [3.63, 3.8) is 0 Å². The molecule has 0 radical (unpaired) electrons. The molecule has 9 nitrogen and oxygen atoms in total. The number of carbonyl (C=O) groups excluding carboxylic acids is 3. The lowest BCUT2D eigenvalue weighted by Gasteiger charge is -2.49. The van der Waals surface area contributed by atoms with Crippen LogP contribution in [0, 0.1) is 0 Å². The second-order valence-corrected chi connectivity index (χ2v) is 9.51. The molecule has 1 saturated heterocycles. The van der Waals surface area contributed by atoms with Gasteiger partial charge in [0, 0.05) is 5.75 Å². The first kappa shape index (κ1) is 23.0. The average molecular weight is 468 g/mol. The Morgan fingerprint density at radius 2 is 1.90 bits per heavy atom. The van der Waals surface area contributed by atoms with Crippen LogP contribution in [0.4, 0.5) is 4.79 Å². The van der Waals surface area contributed by atoms with Gasteiger partial charge in [0.1, 0.15) is 28.8 Å². The fraction of sp³-hybridized carbons (Fsp3) is 0.400. The number of alkyl carbamates (subject to hydrolysis) is 1. The van der Waals surface area contributed by atoms with Gasteiger partial charge in [-0.15, -0.1) is 11.8 Å². The van der Waals surface area contributed by atoms with Crippen molar-refractivity contribution in [2.75, 3.05) is 5.75 Å². The van der Waals surface area contributed by atoms with Crippen molar-refractivity contribution in [2.24, 2.45) is 0 Å². The standard InChI is InChI=1S/C20H22ClN3O6S/c1-20(2,3)30-19(29)23-12(10-7-5-4-6-8-10)15(25)22-13-16(26)24-14(18(27)28)11(21)9-31-17(13)24/h4-8,12-13,17H,9H2,1-3H3,(H,22,25)(H,23,29)(H,27,28)/t12?,13?,17-/m0/s1. The molecule has 11 heteroatoms. The predicted octanol–water partition coefficient (Wildman–Crippen LogP) is 2.19. The summed E-state index contributed by atoms with van der Waals surface area (Å²) in [6, 6.07) is 6.47. The van der Waals surface area contributed by atoms with E-state index in [0.717, 1.165) is 4.90 Å². The molecule has 1 aromatic rings. The molecule has 1 aromatic carbocycles. The Balaban J connectivity index is 1.76. The van der Waals surface area contributed by atoms with E-state index in [1.54, 1.807) is 51.1 Å². The number of carbonyl (C=O) groups is 4. The fourth-order valence-corrected chi connectivity index (χ4v) is 4.74. The molecule has 2 aliphatic heterocycles. The number of hydrogen-bond donors (Lipinski definition) is 3. The summed E-state index contributed by atoms with van der Waals surface area (Å²) in [5.74, 6) is -2.29. The van der Waals surface area contributed by atoms with Gasteiger partial charge in [0.05, 0.1) is 5.03 Å². The third-order valence-electron chi connectivity index (χ3n) is 4.48. The van der Waals surface area contributed by atoms with E-state index in [1.165, 1.54) is 11.8 Å². The number of halogens is 1. The van der Waals surface area contributed by atoms with Gasteiger partial charge in [0.2, 0.25) is 5.91 Å². The number of aliphatic carboxylic acids is 1. The number of nitrogens with one attached hydrogen (secondary N) is 2. The van der Waals surface area contributed by atoms with E-state index < -0.39 is 46.9 Å². The van der Waals surface area contributed by atoms with Crippen LogP contribution in [0.15, 0.2) is 41.1 Å². The highest BCUT2D eigenvalue weighted by Crippen LogP contribution is 2.41. The number of fused-ring (bicyclic) bond motifs is 1. The number of β-lactam (4-membered cyclic amide) rings is 1. The smallest absolute Gasteiger partial charge is 0.408 e. The van der Waals surface area contributed by atoms with E-state index in [2.05, 4.69) is 10.6 Å². The lowest BCUT2D eigenvalue weighted by molar-refractivity contribution is -0.150. The van der Waals surface area contributed by atoms with Gasteiger partial charge in [-0.25, -0.2) is 9.59 Å². The van der Waals surface area contributed by atoms with Crippen molar-refractivity contribution in [2.45, 2.75) is 43.8 Å². The zero-order chi connectivity index (χ0) is 22.9. The highest BCUT2D eigenvalue weighted by Gasteiger charge is 2.54. The van der Waals surface area contributed by atoms with Crippen LogP contribution < -0.4 is 10.6 Å². The minimum absolute atomic E-state index is 0.0700. The molecule has 2 unspecified atom stereocenters. The molecule has 1 fully saturated rings. The van der Waals surface area contributed by atoms with Crippen LogP contribution in [0.1, 0.15) is 32.4 Å². The monoisotopic (exact) mass is 467 g/mol. The van der Waals surface area contributed by atoms with Gasteiger partial charge in [0.25, 0.3) is 5.91 Å². The van der Waals surface area contributed by atoms with Crippen LogP contribution in [0.5, 0.6) is 0 Å². The molecule has 0 spiro atoms. The number of carboxylic acids is 1. The zero-order valence-electron chi connectivity index (χ0n) is 17.0. The number of carboxylic acid groups (broad SMARTS) is 1. The van der Waals surface area contributed by atoms with Gasteiger partial charge in [-0.3, -0.25) is 14.5 Å². The molecule has 166 valence electrons. The van der Waals surface area contributed by atoms with Gasteiger partial charge >= 0.3 is 12.1 Å². The van der Waals surface area contributed by atoms with E-state index in [0.29, 0.717) is 5.56 Å². The van der Waals surface area contributed by atoms with Crippen molar-refractivity contribution in [1.29, 1.82) is 0 Å². The van der Waals surface area contributed by atoms with Crippen LogP contribution in [-0.2, 0) is 19.1 Å². The van der Waals surface area contributed by atoms with Crippen molar-refractivity contribution in [3.05, 3.63) is 46.6 Å². The Labute approximate surface area is 188 Å². The summed E-state index contributed by atoms with van der Waals surface area (Å²) >= 11 is 7.22. The quantitative estimate of drug-likeness (QED) is 0.567. The summed E-state index contributed by atoms with van der Waals surface area (Å²) in [5.41, 5.74) is -0.531. The van der Waals surface area contributed by atoms with E-state index in [4.69, 9.17) is 16.3 Å². The van der Waals surface area contributed by atoms with E-state index in [1.807, 2.05) is 0 Å². The summed E-state index contributed by atoms with van der Waals surface area (Å²) < 4.78 is 5.25. The van der Waals surface area contributed by atoms with Crippen LogP contribution in [0.25, 0.3) is 0 Å². The number of hydrogen-bond acceptors (Lipinski definition) is 6. The Morgan fingerprint density at radius 1 is 1.26 bits per heavy atom. The highest BCUT2D eigenvalue weighted by atomic mass is 35.5. The summed E-state index contributed by atoms with van der Waals surface area (Å²) in [5, 5.41) is 14.0. The first-order chi connectivity index (χ1) is 14.5. The van der Waals surface area contributed by atoms with Crippen LogP contribution in [0.2, 0.25) is 0 Å². The lowest BCUT2D eigenvalue weighted by atomic mass is 10.0. The minimum atomic E-state index is -1.30. The maximum Gasteiger partial charge on any atom is 0.408 e. The van der Waals surface area contributed by atoms with Crippen molar-refractivity contribution in [3.8, 4) is 0 Å². The molecule has 0 aliphatic carbocycles. The van der Waals surface area contributed by atoms with Gasteiger partial charge < -0.3 is 20.5 Å². The second-order valence-electron chi connectivity index (χ2n) is 7.94. The summed E-state index contributed by atoms with van der Waals surface area (Å²) in [6.45, 7) is 5.10. The molecule has 0 aromatic heterocycles. The van der Waals surface area contributed by atoms with Gasteiger partial charge in [-0.05, 0) is 26.3 Å². The molecule has 0 saturated carbocycles. The number of rotatable bonds is 5. The Kier molecular flexibility index (Phi) is 6.51. The van der Waals surface area contributed by atoms with Crippen LogP contribution in [-0.4, -0.2) is 56.7 Å². The topological polar surface area (TPSA) is 125 Å². The highest BCUT2D eigenvalue weighted by molar-refractivity contribution is 8.00. The Bertz CT molecular complexity index is 946. The number of benzene rings is 1. The molecule has 2 aliphatic rings. The first-order valence-corrected chi connectivity index (χ1v) is 10.8. The Morgan fingerprint density at radius 3 is 2.48 bits per heavy atom. The fourth-order valence-electron chi connectivity index (χ4n) is 3.19. The molecule has 3 atom stereocenters. The maximum atomic E-state index is 13.0. The first-order valence-electron chi connectivity index (χ1n) is 9.41. The molecule has 3 N–H and O–H groups in total. The maximum absolute atomic E-state index is 13.0. The van der Waals surface area contributed by atoms with Gasteiger partial charge in [-0.1, -0.05) is 41.9 Å². The lowest BCUT2D eigenvalue weighted by Crippen LogP contribution is -2.71. The van der Waals surface area contributed by atoms with E-state index in [-0.39, 0.29) is 16.5 Å². The predicted molar refractivity (Wildman–Crippen MR) is 114 cm³/mol. The van der Waals surface area contributed by atoms with Crippen molar-refractivity contribution in [1.82, 2.24) is 15.5 Å². The van der Waals surface area contributed by atoms with Gasteiger partial charge in [0.15, 0.2) is 0 Å². The van der Waals surface area contributed by atoms with Gasteiger partial charge in [-0.2, -0.15) is 0 Å². The molecule has 3 rings (SSSR count). The third kappa shape index (κ3) is 4.96.